The first-order valence-corrected chi connectivity index (χ1v) is 7.23. The Kier molecular flexibility index (Phi) is 5.06. The van der Waals surface area contributed by atoms with E-state index in [-0.39, 0.29) is 12.2 Å². The van der Waals surface area contributed by atoms with Gasteiger partial charge in [-0.3, -0.25) is 0 Å². The molecule has 2 heteroatoms. The molecule has 1 N–H and O–H groups in total. The van der Waals surface area contributed by atoms with Crippen LogP contribution in [0.4, 0.5) is 0 Å². The third kappa shape index (κ3) is 3.74. The summed E-state index contributed by atoms with van der Waals surface area (Å²) in [4.78, 5) is 0. The zero-order chi connectivity index (χ0) is 12.8. The first-order chi connectivity index (χ1) is 8.79. The number of rotatable bonds is 5. The molecule has 1 aliphatic rings. The normalized spacial score (nSPS) is 23.9. The van der Waals surface area contributed by atoms with Crippen LogP contribution in [0.2, 0.25) is 0 Å². The molecule has 0 amide bonds. The van der Waals surface area contributed by atoms with E-state index in [0.717, 1.165) is 37.9 Å². The summed E-state index contributed by atoms with van der Waals surface area (Å²) in [7, 11) is 0. The fourth-order valence-corrected chi connectivity index (χ4v) is 2.51. The molecule has 0 aromatic heterocycles. The van der Waals surface area contributed by atoms with Gasteiger partial charge >= 0.3 is 0 Å². The molecule has 0 unspecified atom stereocenters. The van der Waals surface area contributed by atoms with Gasteiger partial charge in [-0.1, -0.05) is 31.9 Å². The standard InChI is InChI=1S/C16H24O2/c1-2-3-6-13-9-11-14(12-10-13)18-16-8-5-4-7-15(16)17/h9-12,15-17H,2-8H2,1H3/t15-,16-/m1/s1. The van der Waals surface area contributed by atoms with Gasteiger partial charge in [0.2, 0.25) is 0 Å². The van der Waals surface area contributed by atoms with Crippen LogP contribution in [0.1, 0.15) is 51.0 Å². The minimum absolute atomic E-state index is 0.0137. The van der Waals surface area contributed by atoms with Crippen molar-refractivity contribution in [2.24, 2.45) is 0 Å². The fraction of sp³-hybridized carbons (Fsp3) is 0.625. The van der Waals surface area contributed by atoms with E-state index >= 15 is 0 Å². The Morgan fingerprint density at radius 2 is 1.89 bits per heavy atom. The maximum absolute atomic E-state index is 9.88. The lowest BCUT2D eigenvalue weighted by Crippen LogP contribution is -2.34. The Labute approximate surface area is 110 Å². The largest absolute Gasteiger partial charge is 0.488 e. The number of hydrogen-bond donors (Lipinski definition) is 1. The number of aliphatic hydroxyl groups is 1. The van der Waals surface area contributed by atoms with Crippen molar-refractivity contribution < 1.29 is 9.84 Å². The average Bonchev–Trinajstić information content (AvgIpc) is 2.41. The molecule has 0 bridgehead atoms. The maximum Gasteiger partial charge on any atom is 0.124 e. The molecule has 100 valence electrons. The SMILES string of the molecule is CCCCc1ccc(O[C@@H]2CCCC[C@H]2O)cc1. The Bertz CT molecular complexity index is 345. The third-order valence-corrected chi connectivity index (χ3v) is 3.70. The first kappa shape index (κ1) is 13.4. The smallest absolute Gasteiger partial charge is 0.124 e. The van der Waals surface area contributed by atoms with Crippen molar-refractivity contribution in [1.29, 1.82) is 0 Å². The lowest BCUT2D eigenvalue weighted by molar-refractivity contribution is 0.00687. The average molecular weight is 248 g/mol. The van der Waals surface area contributed by atoms with Gasteiger partial charge in [0.15, 0.2) is 0 Å². The summed E-state index contributed by atoms with van der Waals surface area (Å²) in [6, 6.07) is 8.35. The van der Waals surface area contributed by atoms with Crippen LogP contribution in [-0.4, -0.2) is 17.3 Å². The van der Waals surface area contributed by atoms with Crippen molar-refractivity contribution in [2.75, 3.05) is 0 Å². The summed E-state index contributed by atoms with van der Waals surface area (Å²) < 4.78 is 5.88. The summed E-state index contributed by atoms with van der Waals surface area (Å²) in [5.41, 5.74) is 1.37. The number of unbranched alkanes of at least 4 members (excludes halogenated alkanes) is 1. The van der Waals surface area contributed by atoms with Crippen molar-refractivity contribution in [3.8, 4) is 5.75 Å². The summed E-state index contributed by atoms with van der Waals surface area (Å²) in [5.74, 6) is 0.890. The lowest BCUT2D eigenvalue weighted by atomic mass is 9.95. The van der Waals surface area contributed by atoms with E-state index in [2.05, 4.69) is 19.1 Å². The monoisotopic (exact) mass is 248 g/mol. The Morgan fingerprint density at radius 1 is 1.17 bits per heavy atom. The molecule has 2 atom stereocenters. The number of hydrogen-bond acceptors (Lipinski definition) is 2. The second kappa shape index (κ2) is 6.79. The van der Waals surface area contributed by atoms with Crippen LogP contribution in [0.15, 0.2) is 24.3 Å². The molecule has 0 heterocycles. The van der Waals surface area contributed by atoms with Crippen LogP contribution in [0.3, 0.4) is 0 Å². The van der Waals surface area contributed by atoms with Crippen LogP contribution in [-0.2, 0) is 6.42 Å². The van der Waals surface area contributed by atoms with Crippen LogP contribution in [0, 0.1) is 0 Å². The van der Waals surface area contributed by atoms with Gasteiger partial charge in [0.05, 0.1) is 6.10 Å². The summed E-state index contributed by atoms with van der Waals surface area (Å²) >= 11 is 0. The summed E-state index contributed by atoms with van der Waals surface area (Å²) in [6.07, 6.45) is 7.43. The fourth-order valence-electron chi connectivity index (χ4n) is 2.51. The third-order valence-electron chi connectivity index (χ3n) is 3.70. The highest BCUT2D eigenvalue weighted by atomic mass is 16.5. The first-order valence-electron chi connectivity index (χ1n) is 7.23. The second-order valence-electron chi connectivity index (χ2n) is 5.26. The second-order valence-corrected chi connectivity index (χ2v) is 5.26. The molecule has 1 aromatic rings. The molecule has 2 rings (SSSR count). The molecule has 1 fully saturated rings. The number of benzene rings is 1. The number of aryl methyl sites for hydroxylation is 1. The van der Waals surface area contributed by atoms with Gasteiger partial charge in [-0.25, -0.2) is 0 Å². The lowest BCUT2D eigenvalue weighted by Gasteiger charge is -2.28. The van der Waals surface area contributed by atoms with E-state index in [1.807, 2.05) is 12.1 Å². The molecule has 1 saturated carbocycles. The molecule has 0 radical (unpaired) electrons. The van der Waals surface area contributed by atoms with Crippen molar-refractivity contribution in [3.63, 3.8) is 0 Å². The van der Waals surface area contributed by atoms with E-state index in [4.69, 9.17) is 4.74 Å². The molecule has 0 saturated heterocycles. The zero-order valence-corrected chi connectivity index (χ0v) is 11.3. The van der Waals surface area contributed by atoms with Crippen LogP contribution >= 0.6 is 0 Å². The van der Waals surface area contributed by atoms with Gasteiger partial charge in [-0.05, 0) is 49.8 Å². The van der Waals surface area contributed by atoms with E-state index in [1.165, 1.54) is 18.4 Å². The Hall–Kier alpha value is -1.02. The minimum Gasteiger partial charge on any atom is -0.488 e. The minimum atomic E-state index is -0.293. The van der Waals surface area contributed by atoms with Gasteiger partial charge < -0.3 is 9.84 Å². The Morgan fingerprint density at radius 3 is 2.56 bits per heavy atom. The summed E-state index contributed by atoms with van der Waals surface area (Å²) in [6.45, 7) is 2.21. The van der Waals surface area contributed by atoms with Crippen LogP contribution in [0.25, 0.3) is 0 Å². The van der Waals surface area contributed by atoms with Gasteiger partial charge in [0, 0.05) is 0 Å². The quantitative estimate of drug-likeness (QED) is 0.860. The molecule has 0 aliphatic heterocycles. The molecular formula is C16H24O2. The van der Waals surface area contributed by atoms with Crippen molar-refractivity contribution >= 4 is 0 Å². The van der Waals surface area contributed by atoms with Gasteiger partial charge in [0.25, 0.3) is 0 Å². The highest BCUT2D eigenvalue weighted by Gasteiger charge is 2.24. The van der Waals surface area contributed by atoms with Crippen molar-refractivity contribution in [1.82, 2.24) is 0 Å². The van der Waals surface area contributed by atoms with E-state index in [9.17, 15) is 5.11 Å². The summed E-state index contributed by atoms with van der Waals surface area (Å²) in [5, 5.41) is 9.88. The van der Waals surface area contributed by atoms with Gasteiger partial charge in [-0.15, -0.1) is 0 Å². The predicted octanol–water partition coefficient (Wildman–Crippen LogP) is 3.71. The number of aliphatic hydroxyl groups excluding tert-OH is 1. The van der Waals surface area contributed by atoms with E-state index < -0.39 is 0 Å². The molecule has 2 nitrogen and oxygen atoms in total. The highest BCUT2D eigenvalue weighted by molar-refractivity contribution is 5.27. The number of ether oxygens (including phenoxy) is 1. The van der Waals surface area contributed by atoms with E-state index in [0.29, 0.717) is 0 Å². The zero-order valence-electron chi connectivity index (χ0n) is 11.3. The highest BCUT2D eigenvalue weighted by Crippen LogP contribution is 2.24. The Balaban J connectivity index is 1.89. The van der Waals surface area contributed by atoms with Crippen molar-refractivity contribution in [3.05, 3.63) is 29.8 Å². The molecule has 0 spiro atoms. The predicted molar refractivity (Wildman–Crippen MR) is 73.9 cm³/mol. The molecule has 1 aliphatic carbocycles. The van der Waals surface area contributed by atoms with Crippen molar-refractivity contribution in [2.45, 2.75) is 64.1 Å². The maximum atomic E-state index is 9.88. The van der Waals surface area contributed by atoms with Crippen LogP contribution in [0.5, 0.6) is 5.75 Å². The molecule has 1 aromatic carbocycles. The topological polar surface area (TPSA) is 29.5 Å². The van der Waals surface area contributed by atoms with E-state index in [1.54, 1.807) is 0 Å². The van der Waals surface area contributed by atoms with Gasteiger partial charge in [-0.2, -0.15) is 0 Å². The molecule has 18 heavy (non-hydrogen) atoms. The molecular weight excluding hydrogens is 224 g/mol. The van der Waals surface area contributed by atoms with Gasteiger partial charge in [0.1, 0.15) is 11.9 Å². The van der Waals surface area contributed by atoms with Crippen LogP contribution < -0.4 is 4.74 Å².